The summed E-state index contributed by atoms with van der Waals surface area (Å²) in [6, 6.07) is 6.97. The van der Waals surface area contributed by atoms with Crippen molar-refractivity contribution in [2.75, 3.05) is 19.6 Å². The second kappa shape index (κ2) is 5.93. The predicted molar refractivity (Wildman–Crippen MR) is 78.3 cm³/mol. The van der Waals surface area contributed by atoms with Crippen LogP contribution < -0.4 is 5.32 Å². The normalized spacial score (nSPS) is 16.4. The van der Waals surface area contributed by atoms with Gasteiger partial charge in [0, 0.05) is 10.0 Å². The Hall–Kier alpha value is -1.40. The summed E-state index contributed by atoms with van der Waals surface area (Å²) in [4.78, 5) is 25.2. The van der Waals surface area contributed by atoms with Crippen LogP contribution in [0.1, 0.15) is 23.7 Å². The molecular weight excluding hydrogens is 324 g/mol. The molecule has 1 fully saturated rings. The van der Waals surface area contributed by atoms with Crippen LogP contribution in [0.2, 0.25) is 0 Å². The average molecular weight is 341 g/mol. The largest absolute Gasteiger partial charge is 0.386 e. The molecule has 0 aromatic heterocycles. The molecule has 1 saturated heterocycles. The topological polar surface area (TPSA) is 69.6 Å². The van der Waals surface area contributed by atoms with Gasteiger partial charge in [0.05, 0.1) is 25.2 Å². The number of carbonyl (C=O) groups is 2. The molecule has 0 spiro atoms. The fourth-order valence-electron chi connectivity index (χ4n) is 2.06. The van der Waals surface area contributed by atoms with Crippen molar-refractivity contribution in [3.8, 4) is 0 Å². The molecule has 108 valence electrons. The van der Waals surface area contributed by atoms with Crippen molar-refractivity contribution in [1.29, 1.82) is 0 Å². The summed E-state index contributed by atoms with van der Waals surface area (Å²) in [5, 5.41) is 12.4. The summed E-state index contributed by atoms with van der Waals surface area (Å²) >= 11 is 3.29. The third kappa shape index (κ3) is 3.37. The molecule has 0 radical (unpaired) electrons. The van der Waals surface area contributed by atoms with Gasteiger partial charge >= 0.3 is 0 Å². The second-order valence-electron chi connectivity index (χ2n) is 5.02. The highest BCUT2D eigenvalue weighted by atomic mass is 79.9. The lowest BCUT2D eigenvalue weighted by atomic mass is 9.91. The number of hydrogen-bond donors (Lipinski definition) is 2. The number of rotatable bonds is 4. The van der Waals surface area contributed by atoms with Crippen molar-refractivity contribution in [2.45, 2.75) is 18.9 Å². The van der Waals surface area contributed by atoms with Gasteiger partial charge in [0.1, 0.15) is 0 Å². The SMILES string of the molecule is CCC1(O)CN(C(=O)CNC(=O)c2cccc(Br)c2)C1. The van der Waals surface area contributed by atoms with Crippen LogP contribution in [0, 0.1) is 0 Å². The summed E-state index contributed by atoms with van der Waals surface area (Å²) in [5.74, 6) is -0.461. The van der Waals surface area contributed by atoms with Gasteiger partial charge in [0.25, 0.3) is 5.91 Å². The number of carbonyl (C=O) groups excluding carboxylic acids is 2. The van der Waals surface area contributed by atoms with Gasteiger partial charge in [-0.1, -0.05) is 28.9 Å². The lowest BCUT2D eigenvalue weighted by Gasteiger charge is -2.46. The van der Waals surface area contributed by atoms with E-state index in [-0.39, 0.29) is 18.4 Å². The number of aliphatic hydroxyl groups is 1. The quantitative estimate of drug-likeness (QED) is 0.864. The molecule has 20 heavy (non-hydrogen) atoms. The summed E-state index contributed by atoms with van der Waals surface area (Å²) in [6.45, 7) is 2.52. The molecule has 1 aromatic carbocycles. The van der Waals surface area contributed by atoms with Crippen molar-refractivity contribution < 1.29 is 14.7 Å². The van der Waals surface area contributed by atoms with E-state index in [9.17, 15) is 14.7 Å². The van der Waals surface area contributed by atoms with Crippen molar-refractivity contribution in [1.82, 2.24) is 10.2 Å². The smallest absolute Gasteiger partial charge is 0.251 e. The molecule has 0 atom stereocenters. The first kappa shape index (κ1) is 15.0. The van der Waals surface area contributed by atoms with E-state index in [1.165, 1.54) is 0 Å². The molecule has 0 unspecified atom stereocenters. The zero-order valence-electron chi connectivity index (χ0n) is 11.2. The van der Waals surface area contributed by atoms with Crippen LogP contribution in [0.15, 0.2) is 28.7 Å². The summed E-state index contributed by atoms with van der Waals surface area (Å²) in [5.41, 5.74) is -0.245. The minimum Gasteiger partial charge on any atom is -0.386 e. The van der Waals surface area contributed by atoms with Gasteiger partial charge < -0.3 is 15.3 Å². The zero-order chi connectivity index (χ0) is 14.8. The molecule has 1 aliphatic heterocycles. The highest BCUT2D eigenvalue weighted by Gasteiger charge is 2.41. The van der Waals surface area contributed by atoms with E-state index in [0.717, 1.165) is 4.47 Å². The van der Waals surface area contributed by atoms with Crippen LogP contribution in [-0.4, -0.2) is 47.1 Å². The maximum absolute atomic E-state index is 11.9. The molecule has 0 aliphatic carbocycles. The first-order valence-corrected chi connectivity index (χ1v) is 7.27. The van der Waals surface area contributed by atoms with E-state index >= 15 is 0 Å². The fraction of sp³-hybridized carbons (Fsp3) is 0.429. The van der Waals surface area contributed by atoms with Gasteiger partial charge in [0.2, 0.25) is 5.91 Å². The number of β-amino-alcohol motifs (C(OH)–C–C–N with tert-alkyl or cyclic N) is 1. The van der Waals surface area contributed by atoms with Gasteiger partial charge in [-0.15, -0.1) is 0 Å². The minimum absolute atomic E-state index is 0.0505. The number of nitrogens with zero attached hydrogens (tertiary/aromatic N) is 1. The Morgan fingerprint density at radius 3 is 2.75 bits per heavy atom. The average Bonchev–Trinajstić information content (AvgIpc) is 2.40. The lowest BCUT2D eigenvalue weighted by molar-refractivity contribution is -0.154. The summed E-state index contributed by atoms with van der Waals surface area (Å²) in [7, 11) is 0. The van der Waals surface area contributed by atoms with Gasteiger partial charge in [-0.25, -0.2) is 0 Å². The van der Waals surface area contributed by atoms with E-state index in [1.54, 1.807) is 23.1 Å². The zero-order valence-corrected chi connectivity index (χ0v) is 12.8. The lowest BCUT2D eigenvalue weighted by Crippen LogP contribution is -2.64. The molecule has 2 rings (SSSR count). The third-order valence-electron chi connectivity index (χ3n) is 3.47. The Kier molecular flexibility index (Phi) is 4.45. The molecule has 5 nitrogen and oxygen atoms in total. The Labute approximate surface area is 126 Å². The van der Waals surface area contributed by atoms with Gasteiger partial charge in [-0.05, 0) is 24.6 Å². The highest BCUT2D eigenvalue weighted by Crippen LogP contribution is 2.23. The van der Waals surface area contributed by atoms with E-state index in [0.29, 0.717) is 25.1 Å². The monoisotopic (exact) mass is 340 g/mol. The van der Waals surface area contributed by atoms with Crippen LogP contribution >= 0.6 is 15.9 Å². The summed E-state index contributed by atoms with van der Waals surface area (Å²) < 4.78 is 0.812. The van der Waals surface area contributed by atoms with Gasteiger partial charge in [-0.2, -0.15) is 0 Å². The van der Waals surface area contributed by atoms with E-state index in [4.69, 9.17) is 0 Å². The van der Waals surface area contributed by atoms with Crippen molar-refractivity contribution in [3.05, 3.63) is 34.3 Å². The molecule has 0 bridgehead atoms. The Balaban J connectivity index is 1.81. The number of benzene rings is 1. The van der Waals surface area contributed by atoms with E-state index in [2.05, 4.69) is 21.2 Å². The number of halogens is 1. The number of likely N-dealkylation sites (tertiary alicyclic amines) is 1. The fourth-order valence-corrected chi connectivity index (χ4v) is 2.46. The van der Waals surface area contributed by atoms with Crippen LogP contribution in [0.5, 0.6) is 0 Å². The standard InChI is InChI=1S/C14H17BrN2O3/c1-2-14(20)8-17(9-14)12(18)7-16-13(19)10-4-3-5-11(15)6-10/h3-6,20H,2,7-9H2,1H3,(H,16,19). The maximum Gasteiger partial charge on any atom is 0.251 e. The second-order valence-corrected chi connectivity index (χ2v) is 5.94. The Bertz CT molecular complexity index is 527. The van der Waals surface area contributed by atoms with E-state index in [1.807, 2.05) is 13.0 Å². The number of hydrogen-bond acceptors (Lipinski definition) is 3. The van der Waals surface area contributed by atoms with Crippen LogP contribution in [0.4, 0.5) is 0 Å². The molecule has 1 aromatic rings. The first-order chi connectivity index (χ1) is 9.43. The Morgan fingerprint density at radius 1 is 1.45 bits per heavy atom. The van der Waals surface area contributed by atoms with Gasteiger partial charge in [-0.3, -0.25) is 9.59 Å². The molecule has 1 heterocycles. The Morgan fingerprint density at radius 2 is 2.15 bits per heavy atom. The van der Waals surface area contributed by atoms with Crippen molar-refractivity contribution in [2.24, 2.45) is 0 Å². The van der Waals surface area contributed by atoms with E-state index < -0.39 is 5.60 Å². The maximum atomic E-state index is 11.9. The number of nitrogens with one attached hydrogen (secondary N) is 1. The molecule has 1 aliphatic rings. The molecule has 2 N–H and O–H groups in total. The summed E-state index contributed by atoms with van der Waals surface area (Å²) in [6.07, 6.45) is 0.626. The van der Waals surface area contributed by atoms with Gasteiger partial charge in [0.15, 0.2) is 0 Å². The van der Waals surface area contributed by atoms with Crippen LogP contribution in [-0.2, 0) is 4.79 Å². The first-order valence-electron chi connectivity index (χ1n) is 6.47. The van der Waals surface area contributed by atoms with Crippen LogP contribution in [0.25, 0.3) is 0 Å². The van der Waals surface area contributed by atoms with Crippen molar-refractivity contribution in [3.63, 3.8) is 0 Å². The van der Waals surface area contributed by atoms with Crippen molar-refractivity contribution >= 4 is 27.7 Å². The molecule has 0 saturated carbocycles. The molecule has 2 amide bonds. The third-order valence-corrected chi connectivity index (χ3v) is 3.96. The molecular formula is C14H17BrN2O3. The molecule has 6 heteroatoms. The predicted octanol–water partition coefficient (Wildman–Crippen LogP) is 1.16. The highest BCUT2D eigenvalue weighted by molar-refractivity contribution is 9.10. The van der Waals surface area contributed by atoms with Crippen LogP contribution in [0.3, 0.4) is 0 Å². The minimum atomic E-state index is -0.746. The number of amides is 2.